The molecule has 0 unspecified atom stereocenters. The van der Waals surface area contributed by atoms with Crippen LogP contribution in [0.2, 0.25) is 0 Å². The van der Waals surface area contributed by atoms with Gasteiger partial charge >= 0.3 is 0 Å². The van der Waals surface area contributed by atoms with E-state index in [2.05, 4.69) is 55.3 Å². The van der Waals surface area contributed by atoms with Crippen LogP contribution in [0.5, 0.6) is 0 Å². The number of thiophene rings is 1. The van der Waals surface area contributed by atoms with Crippen molar-refractivity contribution < 1.29 is 4.52 Å². The molecule has 0 atom stereocenters. The lowest BCUT2D eigenvalue weighted by Crippen LogP contribution is -2.45. The fourth-order valence-corrected chi connectivity index (χ4v) is 4.13. The zero-order valence-corrected chi connectivity index (χ0v) is 14.4. The number of hydrogen-bond donors (Lipinski definition) is 0. The first-order chi connectivity index (χ1) is 12.3. The molecule has 0 saturated carbocycles. The van der Waals surface area contributed by atoms with Crippen molar-refractivity contribution >= 4 is 27.4 Å². The summed E-state index contributed by atoms with van der Waals surface area (Å²) in [7, 11) is 0. The Morgan fingerprint density at radius 2 is 2.00 bits per heavy atom. The third-order valence-electron chi connectivity index (χ3n) is 4.44. The third-order valence-corrected chi connectivity index (χ3v) is 5.53. The summed E-state index contributed by atoms with van der Waals surface area (Å²) in [5, 5.41) is 4.98. The minimum absolute atomic E-state index is 0.276. The van der Waals surface area contributed by atoms with E-state index in [-0.39, 0.29) is 5.92 Å². The van der Waals surface area contributed by atoms with Crippen LogP contribution in [-0.2, 0) is 0 Å². The lowest BCUT2D eigenvalue weighted by molar-refractivity contribution is 0.327. The zero-order valence-electron chi connectivity index (χ0n) is 13.6. The fourth-order valence-electron chi connectivity index (χ4n) is 3.13. The van der Waals surface area contributed by atoms with Crippen LogP contribution in [0.1, 0.15) is 17.6 Å². The molecule has 0 radical (unpaired) electrons. The number of benzene rings is 1. The van der Waals surface area contributed by atoms with Crippen LogP contribution in [0.4, 0.5) is 5.82 Å². The van der Waals surface area contributed by atoms with Crippen molar-refractivity contribution in [3.8, 4) is 10.4 Å². The highest BCUT2D eigenvalue weighted by Gasteiger charge is 2.34. The first-order valence-electron chi connectivity index (χ1n) is 8.13. The molecule has 0 N–H and O–H groups in total. The molecule has 5 rings (SSSR count). The van der Waals surface area contributed by atoms with Crippen molar-refractivity contribution in [2.45, 2.75) is 12.8 Å². The van der Waals surface area contributed by atoms with Gasteiger partial charge in [0.25, 0.3) is 0 Å². The van der Waals surface area contributed by atoms with E-state index in [1.54, 1.807) is 17.7 Å². The number of anilines is 1. The second-order valence-electron chi connectivity index (χ2n) is 6.17. The zero-order chi connectivity index (χ0) is 16.8. The molecule has 0 bridgehead atoms. The largest absolute Gasteiger partial charge is 0.354 e. The fraction of sp³-hybridized carbons (Fsp3) is 0.222. The molecule has 1 fully saturated rings. The van der Waals surface area contributed by atoms with Crippen molar-refractivity contribution in [3.05, 3.63) is 54.4 Å². The lowest BCUT2D eigenvalue weighted by atomic mass is 10.00. The molecule has 3 aromatic heterocycles. The Bertz CT molecular complexity index is 1040. The van der Waals surface area contributed by atoms with Crippen LogP contribution >= 0.6 is 11.3 Å². The lowest BCUT2D eigenvalue weighted by Gasteiger charge is -2.38. The van der Waals surface area contributed by atoms with Crippen LogP contribution < -0.4 is 4.90 Å². The Hall–Kier alpha value is -2.80. The number of hydrogen-bond acceptors (Lipinski definition) is 7. The standard InChI is InChI=1S/C18H15N5OS/c1-11-21-17(24-22-11)13-8-23(9-13)16-14-7-15(12-5-3-2-4-6-12)25-18(14)20-10-19-16/h2-7,10,13H,8-9H2,1H3. The van der Waals surface area contributed by atoms with E-state index in [4.69, 9.17) is 4.52 Å². The van der Waals surface area contributed by atoms with Crippen LogP contribution in [0, 0.1) is 6.92 Å². The van der Waals surface area contributed by atoms with Gasteiger partial charge in [0.05, 0.1) is 11.3 Å². The monoisotopic (exact) mass is 349 g/mol. The first-order valence-corrected chi connectivity index (χ1v) is 8.95. The van der Waals surface area contributed by atoms with Gasteiger partial charge in [0.2, 0.25) is 5.89 Å². The summed E-state index contributed by atoms with van der Waals surface area (Å²) in [6.45, 7) is 3.52. The average molecular weight is 349 g/mol. The van der Waals surface area contributed by atoms with Gasteiger partial charge in [0.15, 0.2) is 5.82 Å². The minimum atomic E-state index is 0.276. The molecule has 25 heavy (non-hydrogen) atoms. The van der Waals surface area contributed by atoms with E-state index in [1.807, 2.05) is 13.0 Å². The summed E-state index contributed by atoms with van der Waals surface area (Å²) in [4.78, 5) is 17.8. The number of aromatic nitrogens is 4. The third kappa shape index (κ3) is 2.47. The van der Waals surface area contributed by atoms with Crippen molar-refractivity contribution in [2.24, 2.45) is 0 Å². The molecule has 124 valence electrons. The Labute approximate surface area is 148 Å². The highest BCUT2D eigenvalue weighted by Crippen LogP contribution is 2.39. The van der Waals surface area contributed by atoms with Crippen molar-refractivity contribution in [2.75, 3.05) is 18.0 Å². The van der Waals surface area contributed by atoms with Gasteiger partial charge in [-0.2, -0.15) is 4.98 Å². The van der Waals surface area contributed by atoms with Gasteiger partial charge in [-0.15, -0.1) is 11.3 Å². The van der Waals surface area contributed by atoms with Gasteiger partial charge < -0.3 is 9.42 Å². The Morgan fingerprint density at radius 3 is 2.76 bits per heavy atom. The van der Waals surface area contributed by atoms with E-state index in [0.29, 0.717) is 11.7 Å². The van der Waals surface area contributed by atoms with Gasteiger partial charge in [0, 0.05) is 18.0 Å². The number of nitrogens with zero attached hydrogens (tertiary/aromatic N) is 5. The van der Waals surface area contributed by atoms with E-state index < -0.39 is 0 Å². The minimum Gasteiger partial charge on any atom is -0.354 e. The second kappa shape index (κ2) is 5.63. The summed E-state index contributed by atoms with van der Waals surface area (Å²) in [5.74, 6) is 2.66. The average Bonchev–Trinajstić information content (AvgIpc) is 3.21. The summed E-state index contributed by atoms with van der Waals surface area (Å²) < 4.78 is 5.28. The maximum absolute atomic E-state index is 5.28. The van der Waals surface area contributed by atoms with E-state index in [0.717, 1.165) is 29.1 Å². The molecule has 1 aromatic carbocycles. The molecule has 4 aromatic rings. The molecule has 0 spiro atoms. The van der Waals surface area contributed by atoms with Gasteiger partial charge in [-0.05, 0) is 18.6 Å². The number of aryl methyl sites for hydroxylation is 1. The van der Waals surface area contributed by atoms with Crippen molar-refractivity contribution in [3.63, 3.8) is 0 Å². The van der Waals surface area contributed by atoms with Gasteiger partial charge in [-0.3, -0.25) is 0 Å². The smallest absolute Gasteiger partial charge is 0.233 e. The molecule has 7 heteroatoms. The van der Waals surface area contributed by atoms with Crippen molar-refractivity contribution in [1.82, 2.24) is 20.1 Å². The second-order valence-corrected chi connectivity index (χ2v) is 7.21. The molecule has 1 aliphatic rings. The quantitative estimate of drug-likeness (QED) is 0.562. The summed E-state index contributed by atoms with van der Waals surface area (Å²) in [6, 6.07) is 12.6. The normalized spacial score (nSPS) is 14.8. The number of fused-ring (bicyclic) bond motifs is 1. The Morgan fingerprint density at radius 1 is 1.16 bits per heavy atom. The molecular formula is C18H15N5OS. The van der Waals surface area contributed by atoms with E-state index in [9.17, 15) is 0 Å². The first kappa shape index (κ1) is 14.5. The summed E-state index contributed by atoms with van der Waals surface area (Å²) in [6.07, 6.45) is 1.65. The maximum Gasteiger partial charge on any atom is 0.233 e. The van der Waals surface area contributed by atoms with Crippen molar-refractivity contribution in [1.29, 1.82) is 0 Å². The molecule has 4 heterocycles. The van der Waals surface area contributed by atoms with Gasteiger partial charge in [-0.1, -0.05) is 35.5 Å². The molecular weight excluding hydrogens is 334 g/mol. The summed E-state index contributed by atoms with van der Waals surface area (Å²) in [5.41, 5.74) is 1.21. The topological polar surface area (TPSA) is 67.9 Å². The molecule has 6 nitrogen and oxygen atoms in total. The molecule has 1 saturated heterocycles. The van der Waals surface area contributed by atoms with Crippen LogP contribution in [0.15, 0.2) is 47.2 Å². The molecule has 1 aliphatic heterocycles. The highest BCUT2D eigenvalue weighted by atomic mass is 32.1. The van der Waals surface area contributed by atoms with Crippen LogP contribution in [0.3, 0.4) is 0 Å². The van der Waals surface area contributed by atoms with Gasteiger partial charge in [0.1, 0.15) is 17.0 Å². The predicted octanol–water partition coefficient (Wildman–Crippen LogP) is 3.65. The van der Waals surface area contributed by atoms with Crippen LogP contribution in [-0.4, -0.2) is 33.2 Å². The van der Waals surface area contributed by atoms with E-state index >= 15 is 0 Å². The van der Waals surface area contributed by atoms with Gasteiger partial charge in [-0.25, -0.2) is 9.97 Å². The predicted molar refractivity (Wildman–Crippen MR) is 96.8 cm³/mol. The molecule has 0 aliphatic carbocycles. The number of rotatable bonds is 3. The van der Waals surface area contributed by atoms with Crippen LogP contribution in [0.25, 0.3) is 20.7 Å². The maximum atomic E-state index is 5.28. The molecule has 0 amide bonds. The Balaban J connectivity index is 1.45. The van der Waals surface area contributed by atoms with E-state index in [1.165, 1.54) is 10.4 Å². The highest BCUT2D eigenvalue weighted by molar-refractivity contribution is 7.21. The summed E-state index contributed by atoms with van der Waals surface area (Å²) >= 11 is 1.70. The Kier molecular flexibility index (Phi) is 3.27. The SMILES string of the molecule is Cc1noc(C2CN(c3ncnc4sc(-c5ccccc5)cc34)C2)n1.